The standard InChI is InChI=1S/C13H25NO3/c1-4-7-14-13(12(15)16)6-5-11(8-13)17-9-10(2)3/h10-11,14H,4-9H2,1-3H3,(H,15,16). The maximum Gasteiger partial charge on any atom is 0.323 e. The van der Waals surface area contributed by atoms with Crippen LogP contribution in [-0.4, -0.2) is 35.9 Å². The Kier molecular flexibility index (Phi) is 5.40. The third-order valence-electron chi connectivity index (χ3n) is 3.26. The van der Waals surface area contributed by atoms with Crippen molar-refractivity contribution in [1.82, 2.24) is 5.32 Å². The van der Waals surface area contributed by atoms with Gasteiger partial charge in [0.1, 0.15) is 5.54 Å². The third-order valence-corrected chi connectivity index (χ3v) is 3.26. The van der Waals surface area contributed by atoms with Gasteiger partial charge in [0.25, 0.3) is 0 Å². The largest absolute Gasteiger partial charge is 0.480 e. The van der Waals surface area contributed by atoms with Crippen LogP contribution in [-0.2, 0) is 9.53 Å². The molecule has 0 bridgehead atoms. The minimum absolute atomic E-state index is 0.0952. The van der Waals surface area contributed by atoms with Gasteiger partial charge in [-0.3, -0.25) is 4.79 Å². The van der Waals surface area contributed by atoms with Crippen LogP contribution >= 0.6 is 0 Å². The van der Waals surface area contributed by atoms with Crippen molar-refractivity contribution >= 4 is 5.97 Å². The third kappa shape index (κ3) is 3.96. The zero-order valence-electron chi connectivity index (χ0n) is 11.2. The van der Waals surface area contributed by atoms with Gasteiger partial charge in [-0.05, 0) is 31.7 Å². The molecule has 4 heteroatoms. The molecule has 0 amide bonds. The highest BCUT2D eigenvalue weighted by Gasteiger charge is 2.45. The molecule has 0 aliphatic heterocycles. The number of carbonyl (C=O) groups is 1. The first kappa shape index (κ1) is 14.5. The van der Waals surface area contributed by atoms with Gasteiger partial charge in [-0.25, -0.2) is 0 Å². The number of ether oxygens (including phenoxy) is 1. The Bertz CT molecular complexity index is 255. The zero-order valence-corrected chi connectivity index (χ0v) is 11.2. The number of rotatable bonds is 7. The number of carboxylic acids is 1. The Balaban J connectivity index is 2.50. The molecule has 2 atom stereocenters. The quantitative estimate of drug-likeness (QED) is 0.718. The molecule has 0 aromatic carbocycles. The summed E-state index contributed by atoms with van der Waals surface area (Å²) < 4.78 is 5.75. The average molecular weight is 243 g/mol. The summed E-state index contributed by atoms with van der Waals surface area (Å²) in [6, 6.07) is 0. The van der Waals surface area contributed by atoms with Crippen molar-refractivity contribution in [3.05, 3.63) is 0 Å². The Morgan fingerprint density at radius 3 is 2.82 bits per heavy atom. The maximum absolute atomic E-state index is 11.4. The normalized spacial score (nSPS) is 28.8. The van der Waals surface area contributed by atoms with E-state index in [-0.39, 0.29) is 6.10 Å². The first-order valence-corrected chi connectivity index (χ1v) is 6.60. The highest BCUT2D eigenvalue weighted by Crippen LogP contribution is 2.32. The van der Waals surface area contributed by atoms with Crippen LogP contribution in [0.1, 0.15) is 46.5 Å². The molecule has 1 fully saturated rings. The van der Waals surface area contributed by atoms with E-state index in [1.165, 1.54) is 0 Å². The molecule has 0 radical (unpaired) electrons. The molecule has 100 valence electrons. The fourth-order valence-corrected chi connectivity index (χ4v) is 2.27. The molecular weight excluding hydrogens is 218 g/mol. The van der Waals surface area contributed by atoms with Crippen LogP contribution in [0.3, 0.4) is 0 Å². The van der Waals surface area contributed by atoms with Crippen molar-refractivity contribution < 1.29 is 14.6 Å². The van der Waals surface area contributed by atoms with Crippen molar-refractivity contribution in [3.8, 4) is 0 Å². The molecule has 0 aromatic heterocycles. The Labute approximate surface area is 104 Å². The van der Waals surface area contributed by atoms with Crippen LogP contribution in [0.15, 0.2) is 0 Å². The number of carboxylic acid groups (broad SMARTS) is 1. The average Bonchev–Trinajstić information content (AvgIpc) is 2.68. The second kappa shape index (κ2) is 6.36. The molecule has 1 rings (SSSR count). The van der Waals surface area contributed by atoms with E-state index in [1.807, 2.05) is 6.92 Å². The Morgan fingerprint density at radius 1 is 1.59 bits per heavy atom. The summed E-state index contributed by atoms with van der Waals surface area (Å²) in [6.07, 6.45) is 3.15. The first-order chi connectivity index (χ1) is 8.00. The second-order valence-corrected chi connectivity index (χ2v) is 5.41. The molecule has 2 unspecified atom stereocenters. The van der Waals surface area contributed by atoms with E-state index in [9.17, 15) is 9.90 Å². The number of aliphatic carboxylic acids is 1. The van der Waals surface area contributed by atoms with E-state index >= 15 is 0 Å². The van der Waals surface area contributed by atoms with E-state index in [2.05, 4.69) is 19.2 Å². The first-order valence-electron chi connectivity index (χ1n) is 6.60. The molecule has 17 heavy (non-hydrogen) atoms. The van der Waals surface area contributed by atoms with Crippen LogP contribution < -0.4 is 5.32 Å². The van der Waals surface area contributed by atoms with Gasteiger partial charge in [0.2, 0.25) is 0 Å². The van der Waals surface area contributed by atoms with E-state index in [1.54, 1.807) is 0 Å². The van der Waals surface area contributed by atoms with Crippen molar-refractivity contribution in [2.75, 3.05) is 13.2 Å². The van der Waals surface area contributed by atoms with Gasteiger partial charge < -0.3 is 15.2 Å². The van der Waals surface area contributed by atoms with Crippen molar-refractivity contribution in [2.24, 2.45) is 5.92 Å². The van der Waals surface area contributed by atoms with Gasteiger partial charge in [0.15, 0.2) is 0 Å². The van der Waals surface area contributed by atoms with E-state index in [0.717, 1.165) is 19.4 Å². The Morgan fingerprint density at radius 2 is 2.29 bits per heavy atom. The minimum atomic E-state index is -0.752. The van der Waals surface area contributed by atoms with Crippen LogP contribution in [0.2, 0.25) is 0 Å². The van der Waals surface area contributed by atoms with Crippen molar-refractivity contribution in [3.63, 3.8) is 0 Å². The molecule has 1 aliphatic rings. The van der Waals surface area contributed by atoms with Gasteiger partial charge in [-0.15, -0.1) is 0 Å². The molecule has 0 spiro atoms. The lowest BCUT2D eigenvalue weighted by atomic mass is 9.97. The topological polar surface area (TPSA) is 58.6 Å². The summed E-state index contributed by atoms with van der Waals surface area (Å²) in [5.41, 5.74) is -0.752. The second-order valence-electron chi connectivity index (χ2n) is 5.41. The maximum atomic E-state index is 11.4. The summed E-state index contributed by atoms with van der Waals surface area (Å²) >= 11 is 0. The molecule has 1 saturated carbocycles. The number of hydrogen-bond donors (Lipinski definition) is 2. The minimum Gasteiger partial charge on any atom is -0.480 e. The molecule has 0 aromatic rings. The van der Waals surface area contributed by atoms with E-state index in [0.29, 0.717) is 25.4 Å². The smallest absolute Gasteiger partial charge is 0.323 e. The van der Waals surface area contributed by atoms with Crippen molar-refractivity contribution in [2.45, 2.75) is 58.1 Å². The predicted octanol–water partition coefficient (Wildman–Crippen LogP) is 2.03. The lowest BCUT2D eigenvalue weighted by Gasteiger charge is -2.26. The van der Waals surface area contributed by atoms with Gasteiger partial charge in [-0.1, -0.05) is 20.8 Å². The highest BCUT2D eigenvalue weighted by molar-refractivity contribution is 5.79. The molecular formula is C13H25NO3. The summed E-state index contributed by atoms with van der Waals surface area (Å²) in [4.78, 5) is 11.4. The summed E-state index contributed by atoms with van der Waals surface area (Å²) in [7, 11) is 0. The lowest BCUT2D eigenvalue weighted by Crippen LogP contribution is -2.50. The van der Waals surface area contributed by atoms with Gasteiger partial charge in [-0.2, -0.15) is 0 Å². The van der Waals surface area contributed by atoms with Gasteiger partial charge in [0, 0.05) is 13.0 Å². The van der Waals surface area contributed by atoms with Crippen LogP contribution in [0, 0.1) is 5.92 Å². The molecule has 4 nitrogen and oxygen atoms in total. The van der Waals surface area contributed by atoms with Gasteiger partial charge in [0.05, 0.1) is 6.10 Å². The fourth-order valence-electron chi connectivity index (χ4n) is 2.27. The van der Waals surface area contributed by atoms with Crippen LogP contribution in [0.4, 0.5) is 0 Å². The van der Waals surface area contributed by atoms with Crippen LogP contribution in [0.25, 0.3) is 0 Å². The van der Waals surface area contributed by atoms with Crippen molar-refractivity contribution in [1.29, 1.82) is 0 Å². The zero-order chi connectivity index (χ0) is 12.9. The monoisotopic (exact) mass is 243 g/mol. The molecule has 2 N–H and O–H groups in total. The summed E-state index contributed by atoms with van der Waals surface area (Å²) in [5, 5.41) is 12.5. The molecule has 1 aliphatic carbocycles. The van der Waals surface area contributed by atoms with E-state index < -0.39 is 11.5 Å². The van der Waals surface area contributed by atoms with Crippen LogP contribution in [0.5, 0.6) is 0 Å². The highest BCUT2D eigenvalue weighted by atomic mass is 16.5. The number of nitrogens with one attached hydrogen (secondary N) is 1. The summed E-state index contributed by atoms with van der Waals surface area (Å²) in [5.74, 6) is -0.236. The molecule has 0 saturated heterocycles. The summed E-state index contributed by atoms with van der Waals surface area (Å²) in [6.45, 7) is 7.73. The predicted molar refractivity (Wildman–Crippen MR) is 67.1 cm³/mol. The SMILES string of the molecule is CCCNC1(C(=O)O)CCC(OCC(C)C)C1. The number of hydrogen-bond acceptors (Lipinski definition) is 3. The Hall–Kier alpha value is -0.610. The van der Waals surface area contributed by atoms with Gasteiger partial charge >= 0.3 is 5.97 Å². The lowest BCUT2D eigenvalue weighted by molar-refractivity contribution is -0.145. The molecule has 0 heterocycles. The van der Waals surface area contributed by atoms with E-state index in [4.69, 9.17) is 4.74 Å². The fraction of sp³-hybridized carbons (Fsp3) is 0.923.